The Morgan fingerprint density at radius 3 is 2.68 bits per heavy atom. The molecule has 2 aliphatic rings. The predicted octanol–water partition coefficient (Wildman–Crippen LogP) is 5.27. The number of Topliss-reactive ketones (excluding diaryl/α,β-unsaturated/α-hetero) is 1. The Labute approximate surface area is 236 Å². The summed E-state index contributed by atoms with van der Waals surface area (Å²) < 4.78 is 8.22. The highest BCUT2D eigenvalue weighted by Gasteiger charge is 2.36. The quantitative estimate of drug-likeness (QED) is 0.274. The maximum atomic E-state index is 13.1. The molecule has 1 N–H and O–H groups in total. The molecule has 1 aromatic heterocycles. The number of nitrogens with zero attached hydrogens (tertiary/aromatic N) is 2. The van der Waals surface area contributed by atoms with Crippen molar-refractivity contribution in [1.29, 1.82) is 0 Å². The average Bonchev–Trinajstić information content (AvgIpc) is 3.59. The molecule has 11 heteroatoms. The van der Waals surface area contributed by atoms with Gasteiger partial charge in [0.1, 0.15) is 6.54 Å². The fraction of sp³-hybridized carbons (Fsp3) is 0.259. The third-order valence-corrected chi connectivity index (χ3v) is 8.02. The third kappa shape index (κ3) is 5.88. The van der Waals surface area contributed by atoms with Crippen LogP contribution in [0.2, 0.25) is 5.02 Å². The van der Waals surface area contributed by atoms with Crippen LogP contribution in [0.1, 0.15) is 28.8 Å². The van der Waals surface area contributed by atoms with Crippen molar-refractivity contribution in [2.75, 3.05) is 19.7 Å². The molecule has 2 saturated heterocycles. The van der Waals surface area contributed by atoms with Crippen molar-refractivity contribution in [1.82, 2.24) is 14.8 Å². The lowest BCUT2D eigenvalue weighted by atomic mass is 10.1. The largest absolute Gasteiger partial charge is 0.376 e. The van der Waals surface area contributed by atoms with Crippen molar-refractivity contribution in [3.8, 4) is 0 Å². The topological polar surface area (TPSA) is 97.7 Å². The molecule has 8 nitrogen and oxygen atoms in total. The van der Waals surface area contributed by atoms with Crippen LogP contribution in [0.15, 0.2) is 58.0 Å². The van der Waals surface area contributed by atoms with E-state index in [1.54, 1.807) is 36.5 Å². The molecule has 0 saturated carbocycles. The van der Waals surface area contributed by atoms with Crippen molar-refractivity contribution >= 4 is 79.1 Å². The van der Waals surface area contributed by atoms with Crippen molar-refractivity contribution < 1.29 is 23.9 Å². The predicted molar refractivity (Wildman–Crippen MR) is 150 cm³/mol. The number of benzene rings is 2. The summed E-state index contributed by atoms with van der Waals surface area (Å²) in [6.07, 6.45) is 5.41. The molecule has 3 heterocycles. The van der Waals surface area contributed by atoms with E-state index in [2.05, 4.69) is 21.2 Å². The third-order valence-electron chi connectivity index (χ3n) is 6.37. The van der Waals surface area contributed by atoms with Gasteiger partial charge in [0, 0.05) is 50.9 Å². The molecule has 2 aromatic carbocycles. The second kappa shape index (κ2) is 11.4. The molecule has 0 bridgehead atoms. The number of carbonyl (C=O) groups is 4. The van der Waals surface area contributed by atoms with Crippen LogP contribution in [-0.4, -0.2) is 58.1 Å². The van der Waals surface area contributed by atoms with Gasteiger partial charge in [-0.15, -0.1) is 0 Å². The zero-order valence-electron chi connectivity index (χ0n) is 20.1. The maximum Gasteiger partial charge on any atom is 0.293 e. The normalized spacial score (nSPS) is 18.6. The monoisotopic (exact) mass is 615 g/mol. The van der Waals surface area contributed by atoms with Crippen LogP contribution in [0.25, 0.3) is 17.0 Å². The molecule has 0 unspecified atom stereocenters. The highest BCUT2D eigenvalue weighted by atomic mass is 79.9. The zero-order valence-corrected chi connectivity index (χ0v) is 23.3. The van der Waals surface area contributed by atoms with Gasteiger partial charge < -0.3 is 14.6 Å². The summed E-state index contributed by atoms with van der Waals surface area (Å²) in [6.45, 7) is 0.928. The van der Waals surface area contributed by atoms with E-state index in [0.717, 1.165) is 51.5 Å². The average molecular weight is 617 g/mol. The van der Waals surface area contributed by atoms with E-state index in [0.29, 0.717) is 22.7 Å². The summed E-state index contributed by atoms with van der Waals surface area (Å²) >= 11 is 10.1. The summed E-state index contributed by atoms with van der Waals surface area (Å²) in [5.74, 6) is -1.04. The molecule has 0 radical (unpaired) electrons. The van der Waals surface area contributed by atoms with Crippen LogP contribution in [0.4, 0.5) is 4.79 Å². The molecule has 3 amide bonds. The Bertz CT molecular complexity index is 1460. The van der Waals surface area contributed by atoms with Crippen molar-refractivity contribution in [3.05, 3.63) is 74.2 Å². The van der Waals surface area contributed by atoms with E-state index in [1.165, 1.54) is 0 Å². The highest BCUT2D eigenvalue weighted by Crippen LogP contribution is 2.35. The van der Waals surface area contributed by atoms with E-state index in [-0.39, 0.29) is 35.8 Å². The summed E-state index contributed by atoms with van der Waals surface area (Å²) in [6, 6.07) is 11.9. The van der Waals surface area contributed by atoms with Gasteiger partial charge in [0.15, 0.2) is 5.78 Å². The number of fused-ring (bicyclic) bond motifs is 1. The first kappa shape index (κ1) is 26.7. The van der Waals surface area contributed by atoms with Crippen LogP contribution >= 0.6 is 39.3 Å². The van der Waals surface area contributed by atoms with Crippen molar-refractivity contribution in [2.45, 2.75) is 25.5 Å². The molecule has 2 aliphatic heterocycles. The lowest BCUT2D eigenvalue weighted by Crippen LogP contribution is -2.34. The SMILES string of the molecule is O=C(Cn1cc(/C=C2\SC(=O)N(CC(=O)c3ccc(Cl)cc3)C2=O)c2cc(Br)ccc21)NC[C@@H]1CCCO1. The van der Waals surface area contributed by atoms with Crippen LogP contribution in [0.5, 0.6) is 0 Å². The Morgan fingerprint density at radius 2 is 1.95 bits per heavy atom. The van der Waals surface area contributed by atoms with Crippen LogP contribution in [-0.2, 0) is 20.9 Å². The zero-order chi connectivity index (χ0) is 26.8. The fourth-order valence-corrected chi connectivity index (χ4v) is 5.75. The number of thioether (sulfide) groups is 1. The molecule has 1 atom stereocenters. The molecular formula is C27H23BrClN3O5S. The number of ether oxygens (including phenoxy) is 1. The van der Waals surface area contributed by atoms with Gasteiger partial charge in [-0.05, 0) is 73.1 Å². The standard InChI is InChI=1S/C27H23BrClN3O5S/c28-18-5-8-22-21(11-18)17(13-31(22)15-25(34)30-12-20-2-1-9-37-20)10-24-26(35)32(27(36)38-24)14-23(33)16-3-6-19(29)7-4-16/h3-8,10-11,13,20H,1-2,9,12,14-15H2,(H,30,34)/b24-10-/t20-/m0/s1. The Hall–Kier alpha value is -2.92. The minimum atomic E-state index is -0.535. The van der Waals surface area contributed by atoms with Gasteiger partial charge in [0.25, 0.3) is 11.1 Å². The summed E-state index contributed by atoms with van der Waals surface area (Å²) in [7, 11) is 0. The van der Waals surface area contributed by atoms with Gasteiger partial charge in [0.2, 0.25) is 5.91 Å². The molecule has 196 valence electrons. The van der Waals surface area contributed by atoms with Crippen LogP contribution in [0, 0.1) is 0 Å². The number of ketones is 1. The lowest BCUT2D eigenvalue weighted by Gasteiger charge is -2.11. The lowest BCUT2D eigenvalue weighted by molar-refractivity contribution is -0.123. The molecule has 38 heavy (non-hydrogen) atoms. The number of carbonyl (C=O) groups excluding carboxylic acids is 4. The minimum Gasteiger partial charge on any atom is -0.376 e. The Balaban J connectivity index is 1.35. The highest BCUT2D eigenvalue weighted by molar-refractivity contribution is 9.10. The van der Waals surface area contributed by atoms with E-state index < -0.39 is 11.1 Å². The smallest absolute Gasteiger partial charge is 0.293 e. The van der Waals surface area contributed by atoms with Gasteiger partial charge in [-0.25, -0.2) is 0 Å². The first-order chi connectivity index (χ1) is 18.3. The van der Waals surface area contributed by atoms with Gasteiger partial charge in [0.05, 0.1) is 17.6 Å². The Morgan fingerprint density at radius 1 is 1.16 bits per heavy atom. The van der Waals surface area contributed by atoms with E-state index in [9.17, 15) is 19.2 Å². The van der Waals surface area contributed by atoms with Crippen molar-refractivity contribution in [3.63, 3.8) is 0 Å². The minimum absolute atomic E-state index is 0.0501. The number of rotatable bonds is 8. The molecule has 0 aliphatic carbocycles. The summed E-state index contributed by atoms with van der Waals surface area (Å²) in [5.41, 5.74) is 1.86. The number of hydrogen-bond acceptors (Lipinski definition) is 6. The van der Waals surface area contributed by atoms with Crippen molar-refractivity contribution in [2.24, 2.45) is 0 Å². The van der Waals surface area contributed by atoms with E-state index in [4.69, 9.17) is 16.3 Å². The number of imide groups is 1. The number of halogens is 2. The molecule has 0 spiro atoms. The second-order valence-corrected chi connectivity index (χ2v) is 11.4. The first-order valence-corrected chi connectivity index (χ1v) is 14.0. The van der Waals surface area contributed by atoms with Gasteiger partial charge in [-0.1, -0.05) is 27.5 Å². The maximum absolute atomic E-state index is 13.1. The number of aromatic nitrogens is 1. The van der Waals surface area contributed by atoms with E-state index >= 15 is 0 Å². The fourth-order valence-electron chi connectivity index (χ4n) is 4.43. The van der Waals surface area contributed by atoms with Gasteiger partial charge >= 0.3 is 0 Å². The number of amides is 3. The first-order valence-electron chi connectivity index (χ1n) is 12.0. The molecule has 2 fully saturated rings. The number of hydrogen-bond donors (Lipinski definition) is 1. The Kier molecular flexibility index (Phi) is 8.04. The number of nitrogens with one attached hydrogen (secondary N) is 1. The molecule has 5 rings (SSSR count). The van der Waals surface area contributed by atoms with Crippen LogP contribution < -0.4 is 5.32 Å². The molecule has 3 aromatic rings. The van der Waals surface area contributed by atoms with E-state index in [1.807, 2.05) is 22.8 Å². The summed E-state index contributed by atoms with van der Waals surface area (Å²) in [4.78, 5) is 52.2. The second-order valence-electron chi connectivity index (χ2n) is 9.01. The van der Waals surface area contributed by atoms with Gasteiger partial charge in [-0.3, -0.25) is 24.1 Å². The van der Waals surface area contributed by atoms with Crippen LogP contribution in [0.3, 0.4) is 0 Å². The summed E-state index contributed by atoms with van der Waals surface area (Å²) in [5, 5.41) is 3.72. The molecular weight excluding hydrogens is 594 g/mol. The van der Waals surface area contributed by atoms with Gasteiger partial charge in [-0.2, -0.15) is 0 Å².